The maximum absolute atomic E-state index is 11.0. The monoisotopic (exact) mass is 230 g/mol. The maximum atomic E-state index is 11.0. The molecule has 0 atom stereocenters. The van der Waals surface area contributed by atoms with Gasteiger partial charge in [-0.3, -0.25) is 9.59 Å². The number of rotatable bonds is 3. The number of Topliss-reactive ketones (excluding diaryl/α,β-unsaturated/α-hetero) is 1. The van der Waals surface area contributed by atoms with Crippen molar-refractivity contribution in [2.75, 3.05) is 6.26 Å². The van der Waals surface area contributed by atoms with Gasteiger partial charge in [-0.05, 0) is 24.3 Å². The Kier molecular flexibility index (Phi) is 4.32. The van der Waals surface area contributed by atoms with Crippen LogP contribution in [0.25, 0.3) is 0 Å². The highest BCUT2D eigenvalue weighted by molar-refractivity contribution is 7.90. The smallest absolute Gasteiger partial charge is 0.225 e. The molecule has 0 aliphatic rings. The minimum Gasteiger partial charge on any atom is -0.412 e. The first-order valence-electron chi connectivity index (χ1n) is 3.75. The molecule has 0 bridgehead atoms. The largest absolute Gasteiger partial charge is 0.412 e. The van der Waals surface area contributed by atoms with Crippen LogP contribution in [0.2, 0.25) is 0 Å². The molecular formula is C9H10O5S. The minimum atomic E-state index is -3.25. The van der Waals surface area contributed by atoms with Crippen molar-refractivity contribution in [1.29, 1.82) is 0 Å². The normalized spacial score (nSPS) is 10.2. The third kappa shape index (κ3) is 3.26. The molecular weight excluding hydrogens is 220 g/mol. The molecule has 0 fully saturated rings. The summed E-state index contributed by atoms with van der Waals surface area (Å²) in [5.74, 6) is -0.662. The fourth-order valence-electron chi connectivity index (χ4n) is 0.934. The zero-order chi connectivity index (χ0) is 10.8. The van der Waals surface area contributed by atoms with Gasteiger partial charge in [0.25, 0.3) is 0 Å². The predicted molar refractivity (Wildman–Crippen MR) is 53.6 cm³/mol. The third-order valence-electron chi connectivity index (χ3n) is 1.67. The number of hydrogen-bond donors (Lipinski definition) is 0. The molecule has 15 heavy (non-hydrogen) atoms. The van der Waals surface area contributed by atoms with E-state index < -0.39 is 15.6 Å². The van der Waals surface area contributed by atoms with E-state index in [4.69, 9.17) is 0 Å². The lowest BCUT2D eigenvalue weighted by atomic mass is 10.1. The van der Waals surface area contributed by atoms with E-state index in [0.717, 1.165) is 6.26 Å². The first kappa shape index (κ1) is 13.5. The van der Waals surface area contributed by atoms with Crippen LogP contribution in [-0.2, 0) is 14.6 Å². The van der Waals surface area contributed by atoms with Crippen LogP contribution in [0.5, 0.6) is 0 Å². The van der Waals surface area contributed by atoms with E-state index in [1.165, 1.54) is 24.3 Å². The molecule has 0 spiro atoms. The average molecular weight is 230 g/mol. The van der Waals surface area contributed by atoms with Crippen molar-refractivity contribution in [2.24, 2.45) is 0 Å². The number of ketones is 1. The minimum absolute atomic E-state index is 0. The summed E-state index contributed by atoms with van der Waals surface area (Å²) in [6.07, 6.45) is 1.26. The van der Waals surface area contributed by atoms with Crippen molar-refractivity contribution >= 4 is 21.9 Å². The van der Waals surface area contributed by atoms with Gasteiger partial charge in [-0.15, -0.1) is 0 Å². The van der Waals surface area contributed by atoms with Gasteiger partial charge >= 0.3 is 0 Å². The molecule has 5 nitrogen and oxygen atoms in total. The number of aldehydes is 1. The Morgan fingerprint density at radius 3 is 2.00 bits per heavy atom. The highest BCUT2D eigenvalue weighted by Gasteiger charge is 2.08. The quantitative estimate of drug-likeness (QED) is 0.402. The first-order valence-corrected chi connectivity index (χ1v) is 5.64. The van der Waals surface area contributed by atoms with Gasteiger partial charge < -0.3 is 5.48 Å². The topological polar surface area (TPSA) is 99.8 Å². The van der Waals surface area contributed by atoms with Crippen molar-refractivity contribution < 1.29 is 23.5 Å². The Morgan fingerprint density at radius 1 is 1.20 bits per heavy atom. The number of sulfone groups is 1. The van der Waals surface area contributed by atoms with E-state index in [-0.39, 0.29) is 22.2 Å². The zero-order valence-electron chi connectivity index (χ0n) is 7.93. The first-order chi connectivity index (χ1) is 6.45. The lowest BCUT2D eigenvalue weighted by Crippen LogP contribution is -2.01. The van der Waals surface area contributed by atoms with Crippen molar-refractivity contribution in [3.05, 3.63) is 29.8 Å². The van der Waals surface area contributed by atoms with Crippen LogP contribution in [0.3, 0.4) is 0 Å². The summed E-state index contributed by atoms with van der Waals surface area (Å²) in [7, 11) is -3.25. The van der Waals surface area contributed by atoms with Gasteiger partial charge in [0.1, 0.15) is 0 Å². The summed E-state index contributed by atoms with van der Waals surface area (Å²) in [5, 5.41) is 0. The summed E-state index contributed by atoms with van der Waals surface area (Å²) >= 11 is 0. The van der Waals surface area contributed by atoms with Gasteiger partial charge in [0.2, 0.25) is 5.78 Å². The Labute approximate surface area is 87.0 Å². The molecule has 82 valence electrons. The van der Waals surface area contributed by atoms with Crippen molar-refractivity contribution in [1.82, 2.24) is 0 Å². The second-order valence-corrected chi connectivity index (χ2v) is 4.79. The molecule has 0 heterocycles. The molecule has 0 unspecified atom stereocenters. The molecule has 1 aromatic carbocycles. The van der Waals surface area contributed by atoms with E-state index in [0.29, 0.717) is 0 Å². The van der Waals surface area contributed by atoms with Gasteiger partial charge in [0, 0.05) is 11.8 Å². The summed E-state index contributed by atoms with van der Waals surface area (Å²) in [5.41, 5.74) is 0.187. The fourth-order valence-corrected chi connectivity index (χ4v) is 1.56. The molecule has 0 saturated carbocycles. The second-order valence-electron chi connectivity index (χ2n) is 2.78. The molecule has 0 aliphatic carbocycles. The predicted octanol–water partition coefficient (Wildman–Crippen LogP) is -0.353. The van der Waals surface area contributed by atoms with Crippen LogP contribution < -0.4 is 0 Å². The van der Waals surface area contributed by atoms with E-state index in [9.17, 15) is 18.0 Å². The Balaban J connectivity index is 0.00000196. The summed E-state index contributed by atoms with van der Waals surface area (Å²) in [6.45, 7) is 0. The molecule has 0 radical (unpaired) electrons. The Hall–Kier alpha value is -1.53. The van der Waals surface area contributed by atoms with Crippen LogP contribution in [-0.4, -0.2) is 32.2 Å². The van der Waals surface area contributed by atoms with E-state index in [1.807, 2.05) is 0 Å². The van der Waals surface area contributed by atoms with Gasteiger partial charge in [-0.25, -0.2) is 8.42 Å². The molecule has 1 aromatic rings. The number of carbonyl (C=O) groups is 2. The number of carbonyl (C=O) groups excluding carboxylic acids is 2. The highest BCUT2D eigenvalue weighted by Crippen LogP contribution is 2.10. The zero-order valence-corrected chi connectivity index (χ0v) is 8.74. The van der Waals surface area contributed by atoms with E-state index in [1.54, 1.807) is 0 Å². The van der Waals surface area contributed by atoms with Crippen LogP contribution in [0.15, 0.2) is 29.2 Å². The van der Waals surface area contributed by atoms with E-state index in [2.05, 4.69) is 0 Å². The molecule has 2 N–H and O–H groups in total. The molecule has 0 amide bonds. The SMILES string of the molecule is CS(=O)(=O)c1ccc(C(=O)C=O)cc1.O. The summed E-state index contributed by atoms with van der Waals surface area (Å²) < 4.78 is 22.1. The lowest BCUT2D eigenvalue weighted by molar-refractivity contribution is -0.104. The molecule has 0 aromatic heterocycles. The van der Waals surface area contributed by atoms with Crippen LogP contribution in [0, 0.1) is 0 Å². The second kappa shape index (κ2) is 4.81. The van der Waals surface area contributed by atoms with Crippen LogP contribution in [0.1, 0.15) is 10.4 Å². The van der Waals surface area contributed by atoms with Crippen LogP contribution >= 0.6 is 0 Å². The van der Waals surface area contributed by atoms with Crippen LogP contribution in [0.4, 0.5) is 0 Å². The van der Waals surface area contributed by atoms with Gasteiger partial charge in [0.05, 0.1) is 4.90 Å². The van der Waals surface area contributed by atoms with Gasteiger partial charge in [-0.1, -0.05) is 0 Å². The fraction of sp³-hybridized carbons (Fsp3) is 0.111. The Bertz CT molecular complexity index is 458. The average Bonchev–Trinajstić information content (AvgIpc) is 2.15. The molecule has 0 saturated heterocycles. The van der Waals surface area contributed by atoms with Crippen molar-refractivity contribution in [3.8, 4) is 0 Å². The number of hydrogen-bond acceptors (Lipinski definition) is 4. The summed E-state index contributed by atoms with van der Waals surface area (Å²) in [4.78, 5) is 21.1. The Morgan fingerprint density at radius 2 is 1.67 bits per heavy atom. The van der Waals surface area contributed by atoms with Gasteiger partial charge in [0.15, 0.2) is 16.1 Å². The molecule has 1 rings (SSSR count). The lowest BCUT2D eigenvalue weighted by Gasteiger charge is -1.98. The molecule has 6 heteroatoms. The molecule has 0 aliphatic heterocycles. The maximum Gasteiger partial charge on any atom is 0.225 e. The summed E-state index contributed by atoms with van der Waals surface area (Å²) in [6, 6.07) is 5.22. The third-order valence-corrected chi connectivity index (χ3v) is 2.80. The van der Waals surface area contributed by atoms with Crippen molar-refractivity contribution in [3.63, 3.8) is 0 Å². The van der Waals surface area contributed by atoms with Gasteiger partial charge in [-0.2, -0.15) is 0 Å². The standard InChI is InChI=1S/C9H8O4S.H2O/c1-14(12,13)8-4-2-7(3-5-8)9(11)6-10;/h2-6H,1H3;1H2. The van der Waals surface area contributed by atoms with Crippen molar-refractivity contribution in [2.45, 2.75) is 4.90 Å². The number of benzene rings is 1. The van der Waals surface area contributed by atoms with E-state index >= 15 is 0 Å². The highest BCUT2D eigenvalue weighted by atomic mass is 32.2.